The number of hydrogen-bond donors (Lipinski definition) is 1. The monoisotopic (exact) mass is 249 g/mol. The smallest absolute Gasteiger partial charge is 0.244 e. The van der Waals surface area contributed by atoms with Crippen molar-refractivity contribution in [2.45, 2.75) is 52.9 Å². The normalized spacial score (nSPS) is 13.0. The van der Waals surface area contributed by atoms with E-state index >= 15 is 0 Å². The van der Waals surface area contributed by atoms with Gasteiger partial charge in [0.1, 0.15) is 0 Å². The first-order valence-corrected chi connectivity index (χ1v) is 6.88. The highest BCUT2D eigenvalue weighted by molar-refractivity contribution is 5.92. The van der Waals surface area contributed by atoms with Crippen molar-refractivity contribution in [3.05, 3.63) is 36.0 Å². The van der Waals surface area contributed by atoms with Gasteiger partial charge < -0.3 is 5.73 Å². The van der Waals surface area contributed by atoms with E-state index in [0.717, 1.165) is 25.7 Å². The summed E-state index contributed by atoms with van der Waals surface area (Å²) in [6.07, 6.45) is 15.5. The predicted molar refractivity (Wildman–Crippen MR) is 79.2 cm³/mol. The number of primary amides is 1. The second-order valence-electron chi connectivity index (χ2n) is 4.92. The maximum atomic E-state index is 11.2. The van der Waals surface area contributed by atoms with Gasteiger partial charge in [-0.05, 0) is 31.6 Å². The number of nitrogens with two attached hydrogens (primary N) is 1. The van der Waals surface area contributed by atoms with Crippen LogP contribution >= 0.6 is 0 Å². The molecule has 0 aliphatic carbocycles. The topological polar surface area (TPSA) is 43.1 Å². The SMILES string of the molecule is CCC/C=C/CC/C=C/C=C(\CC(C)C)C(N)=O. The van der Waals surface area contributed by atoms with Gasteiger partial charge in [0, 0.05) is 5.57 Å². The first kappa shape index (κ1) is 16.7. The summed E-state index contributed by atoms with van der Waals surface area (Å²) in [6, 6.07) is 0. The fourth-order valence-corrected chi connectivity index (χ4v) is 1.57. The van der Waals surface area contributed by atoms with Crippen LogP contribution in [-0.2, 0) is 4.79 Å². The van der Waals surface area contributed by atoms with Gasteiger partial charge in [0.2, 0.25) is 5.91 Å². The quantitative estimate of drug-likeness (QED) is 0.284. The number of amides is 1. The molecule has 1 amide bonds. The Kier molecular flexibility index (Phi) is 10.0. The molecule has 0 bridgehead atoms. The molecule has 0 unspecified atom stereocenters. The Labute approximate surface area is 112 Å². The Hall–Kier alpha value is -1.31. The lowest BCUT2D eigenvalue weighted by atomic mass is 10.0. The zero-order valence-electron chi connectivity index (χ0n) is 12.0. The van der Waals surface area contributed by atoms with Crippen LogP contribution in [0.4, 0.5) is 0 Å². The highest BCUT2D eigenvalue weighted by Crippen LogP contribution is 2.10. The fraction of sp³-hybridized carbons (Fsp3) is 0.562. The van der Waals surface area contributed by atoms with Crippen molar-refractivity contribution in [1.82, 2.24) is 0 Å². The second kappa shape index (κ2) is 10.8. The van der Waals surface area contributed by atoms with Crippen LogP contribution in [0.3, 0.4) is 0 Å². The summed E-state index contributed by atoms with van der Waals surface area (Å²) in [6.45, 7) is 6.34. The lowest BCUT2D eigenvalue weighted by Gasteiger charge is -2.04. The van der Waals surface area contributed by atoms with Crippen LogP contribution in [-0.4, -0.2) is 5.91 Å². The maximum absolute atomic E-state index is 11.2. The summed E-state index contributed by atoms with van der Waals surface area (Å²) in [5.74, 6) is 0.144. The van der Waals surface area contributed by atoms with Gasteiger partial charge in [-0.15, -0.1) is 0 Å². The molecule has 2 heteroatoms. The van der Waals surface area contributed by atoms with E-state index in [2.05, 4.69) is 39.0 Å². The number of rotatable bonds is 9. The van der Waals surface area contributed by atoms with Crippen molar-refractivity contribution >= 4 is 5.91 Å². The molecule has 18 heavy (non-hydrogen) atoms. The minimum absolute atomic E-state index is 0.309. The maximum Gasteiger partial charge on any atom is 0.244 e. The zero-order chi connectivity index (χ0) is 13.8. The first-order valence-electron chi connectivity index (χ1n) is 6.88. The van der Waals surface area contributed by atoms with Crippen molar-refractivity contribution in [2.75, 3.05) is 0 Å². The summed E-state index contributed by atoms with van der Waals surface area (Å²) < 4.78 is 0. The van der Waals surface area contributed by atoms with E-state index < -0.39 is 0 Å². The Morgan fingerprint density at radius 1 is 1.11 bits per heavy atom. The van der Waals surface area contributed by atoms with Crippen LogP contribution in [0.1, 0.15) is 52.9 Å². The molecule has 2 N–H and O–H groups in total. The van der Waals surface area contributed by atoms with Gasteiger partial charge >= 0.3 is 0 Å². The second-order valence-corrected chi connectivity index (χ2v) is 4.92. The van der Waals surface area contributed by atoms with E-state index in [4.69, 9.17) is 5.73 Å². The summed E-state index contributed by atoms with van der Waals surface area (Å²) >= 11 is 0. The van der Waals surface area contributed by atoms with Gasteiger partial charge in [-0.3, -0.25) is 4.79 Å². The van der Waals surface area contributed by atoms with E-state index in [-0.39, 0.29) is 5.91 Å². The van der Waals surface area contributed by atoms with Gasteiger partial charge in [-0.2, -0.15) is 0 Å². The van der Waals surface area contributed by atoms with Crippen molar-refractivity contribution in [1.29, 1.82) is 0 Å². The van der Waals surface area contributed by atoms with Crippen molar-refractivity contribution < 1.29 is 4.79 Å². The molecule has 0 fully saturated rings. The molecular weight excluding hydrogens is 222 g/mol. The third-order valence-electron chi connectivity index (χ3n) is 2.50. The number of carbonyl (C=O) groups is 1. The molecule has 0 aliphatic heterocycles. The number of unbranched alkanes of at least 4 members (excludes halogenated alkanes) is 2. The summed E-state index contributed by atoms with van der Waals surface area (Å²) in [4.78, 5) is 11.2. The van der Waals surface area contributed by atoms with Gasteiger partial charge in [-0.25, -0.2) is 0 Å². The molecule has 0 saturated heterocycles. The molecule has 102 valence electrons. The molecule has 0 aromatic carbocycles. The zero-order valence-corrected chi connectivity index (χ0v) is 12.0. The summed E-state index contributed by atoms with van der Waals surface area (Å²) in [5, 5.41) is 0. The number of carbonyl (C=O) groups excluding carboxylic acids is 1. The van der Waals surface area contributed by atoms with Crippen LogP contribution in [0.25, 0.3) is 0 Å². The molecule has 0 atom stereocenters. The molecule has 0 rings (SSSR count). The van der Waals surface area contributed by atoms with Crippen LogP contribution in [0.15, 0.2) is 36.0 Å². The van der Waals surface area contributed by atoms with Gasteiger partial charge in [0.25, 0.3) is 0 Å². The van der Waals surface area contributed by atoms with Gasteiger partial charge in [-0.1, -0.05) is 57.6 Å². The highest BCUT2D eigenvalue weighted by Gasteiger charge is 2.05. The molecular formula is C16H27NO. The average Bonchev–Trinajstić information content (AvgIpc) is 2.30. The Morgan fingerprint density at radius 3 is 2.28 bits per heavy atom. The van der Waals surface area contributed by atoms with Crippen LogP contribution < -0.4 is 5.73 Å². The standard InChI is InChI=1S/C16H27NO/c1-4-5-6-7-8-9-10-11-12-15(16(17)18)13-14(2)3/h6-7,10-12,14H,4-5,8-9,13H2,1-3H3,(H2,17,18)/b7-6+,11-10+,15-12+. The largest absolute Gasteiger partial charge is 0.366 e. The van der Waals surface area contributed by atoms with E-state index in [1.54, 1.807) is 0 Å². The lowest BCUT2D eigenvalue weighted by molar-refractivity contribution is -0.114. The summed E-state index contributed by atoms with van der Waals surface area (Å²) in [5.41, 5.74) is 6.04. The van der Waals surface area contributed by atoms with Crippen LogP contribution in [0.2, 0.25) is 0 Å². The van der Waals surface area contributed by atoms with Crippen molar-refractivity contribution in [3.63, 3.8) is 0 Å². The Morgan fingerprint density at radius 2 is 1.72 bits per heavy atom. The molecule has 0 heterocycles. The molecule has 2 nitrogen and oxygen atoms in total. The van der Waals surface area contributed by atoms with Gasteiger partial charge in [0.05, 0.1) is 0 Å². The van der Waals surface area contributed by atoms with E-state index in [1.807, 2.05) is 12.2 Å². The minimum Gasteiger partial charge on any atom is -0.366 e. The third kappa shape index (κ3) is 9.88. The molecule has 0 aromatic heterocycles. The predicted octanol–water partition coefficient (Wildman–Crippen LogP) is 4.14. The molecule has 0 aliphatic rings. The number of hydrogen-bond acceptors (Lipinski definition) is 1. The van der Waals surface area contributed by atoms with Crippen molar-refractivity contribution in [2.24, 2.45) is 11.7 Å². The molecule has 0 saturated carbocycles. The fourth-order valence-electron chi connectivity index (χ4n) is 1.57. The lowest BCUT2D eigenvalue weighted by Crippen LogP contribution is -2.15. The Balaban J connectivity index is 4.04. The van der Waals surface area contributed by atoms with Crippen LogP contribution in [0.5, 0.6) is 0 Å². The van der Waals surface area contributed by atoms with Gasteiger partial charge in [0.15, 0.2) is 0 Å². The summed E-state index contributed by atoms with van der Waals surface area (Å²) in [7, 11) is 0. The minimum atomic E-state index is -0.309. The number of allylic oxidation sites excluding steroid dienone is 5. The Bertz CT molecular complexity index is 311. The first-order chi connectivity index (χ1) is 8.57. The third-order valence-corrected chi connectivity index (χ3v) is 2.50. The molecule has 0 spiro atoms. The van der Waals surface area contributed by atoms with E-state index in [9.17, 15) is 4.79 Å². The average molecular weight is 249 g/mol. The van der Waals surface area contributed by atoms with E-state index in [0.29, 0.717) is 11.5 Å². The van der Waals surface area contributed by atoms with Crippen LogP contribution in [0, 0.1) is 5.92 Å². The van der Waals surface area contributed by atoms with Crippen molar-refractivity contribution in [3.8, 4) is 0 Å². The highest BCUT2D eigenvalue weighted by atomic mass is 16.1. The molecule has 0 aromatic rings. The van der Waals surface area contributed by atoms with E-state index in [1.165, 1.54) is 6.42 Å². The molecule has 0 radical (unpaired) electrons.